The summed E-state index contributed by atoms with van der Waals surface area (Å²) in [5, 5.41) is 0. The van der Waals surface area contributed by atoms with Gasteiger partial charge in [0.05, 0.1) is 11.8 Å². The molecule has 0 aromatic carbocycles. The average Bonchev–Trinajstić information content (AvgIpc) is 2.04. The van der Waals surface area contributed by atoms with E-state index in [-0.39, 0.29) is 0 Å². The topological polar surface area (TPSA) is 86.2 Å². The lowest BCUT2D eigenvalue weighted by Crippen LogP contribution is -2.25. The summed E-state index contributed by atoms with van der Waals surface area (Å²) in [7, 11) is 0. The van der Waals surface area contributed by atoms with Crippen molar-refractivity contribution in [1.82, 2.24) is 0 Å². The smallest absolute Gasteiger partial charge is 0.228 e. The summed E-state index contributed by atoms with van der Waals surface area (Å²) in [5.74, 6) is -1.66. The maximum absolute atomic E-state index is 10.6. The second-order valence-electron chi connectivity index (χ2n) is 2.63. The van der Waals surface area contributed by atoms with Crippen molar-refractivity contribution in [1.29, 1.82) is 0 Å². The van der Waals surface area contributed by atoms with Crippen LogP contribution >= 0.6 is 0 Å². The van der Waals surface area contributed by atoms with Gasteiger partial charge in [-0.1, -0.05) is 24.3 Å². The molecule has 0 bridgehead atoms. The molecule has 0 saturated carbocycles. The van der Waals surface area contributed by atoms with Crippen molar-refractivity contribution in [2.24, 2.45) is 23.3 Å². The first-order valence-electron chi connectivity index (χ1n) is 3.56. The minimum Gasteiger partial charge on any atom is -0.369 e. The van der Waals surface area contributed by atoms with Crippen molar-refractivity contribution < 1.29 is 9.59 Å². The molecule has 0 atom stereocenters. The molecule has 0 unspecified atom stereocenters. The third-order valence-electron chi connectivity index (χ3n) is 1.71. The van der Waals surface area contributed by atoms with Crippen molar-refractivity contribution in [3.63, 3.8) is 0 Å². The van der Waals surface area contributed by atoms with E-state index in [1.54, 1.807) is 24.3 Å². The second kappa shape index (κ2) is 3.21. The number of carbonyl (C=O) groups is 2. The summed E-state index contributed by atoms with van der Waals surface area (Å²) in [6.07, 6.45) is 6.32. The van der Waals surface area contributed by atoms with E-state index in [1.165, 1.54) is 0 Å². The van der Waals surface area contributed by atoms with E-state index in [0.29, 0.717) is 0 Å². The van der Waals surface area contributed by atoms with Gasteiger partial charge in [0.25, 0.3) is 0 Å². The third kappa shape index (κ3) is 1.72. The molecule has 0 aliphatic heterocycles. The van der Waals surface area contributed by atoms with Gasteiger partial charge in [-0.15, -0.1) is 0 Å². The lowest BCUT2D eigenvalue weighted by molar-refractivity contribution is -0.120. The summed E-state index contributed by atoms with van der Waals surface area (Å²) in [6.45, 7) is 0. The molecular formula is C8H10N2O2. The van der Waals surface area contributed by atoms with Crippen LogP contribution in [0.25, 0.3) is 0 Å². The van der Waals surface area contributed by atoms with Crippen LogP contribution in [0.1, 0.15) is 0 Å². The van der Waals surface area contributed by atoms with Gasteiger partial charge < -0.3 is 11.5 Å². The monoisotopic (exact) mass is 166 g/mol. The zero-order chi connectivity index (χ0) is 9.14. The summed E-state index contributed by atoms with van der Waals surface area (Å²) in [5.41, 5.74) is 10.1. The van der Waals surface area contributed by atoms with E-state index >= 15 is 0 Å². The van der Waals surface area contributed by atoms with Crippen molar-refractivity contribution >= 4 is 11.8 Å². The van der Waals surface area contributed by atoms with Gasteiger partial charge in [-0.05, 0) is 0 Å². The molecule has 4 nitrogen and oxygen atoms in total. The zero-order valence-corrected chi connectivity index (χ0v) is 6.44. The van der Waals surface area contributed by atoms with Crippen LogP contribution in [-0.2, 0) is 9.59 Å². The summed E-state index contributed by atoms with van der Waals surface area (Å²) >= 11 is 0. The molecule has 0 spiro atoms. The largest absolute Gasteiger partial charge is 0.369 e. The van der Waals surface area contributed by atoms with Crippen LogP contribution in [-0.4, -0.2) is 11.8 Å². The number of rotatable bonds is 2. The van der Waals surface area contributed by atoms with Gasteiger partial charge in [0, 0.05) is 0 Å². The molecule has 4 heteroatoms. The lowest BCUT2D eigenvalue weighted by atomic mass is 9.95. The molecule has 1 rings (SSSR count). The molecule has 0 aromatic heterocycles. The van der Waals surface area contributed by atoms with Gasteiger partial charge in [0.15, 0.2) is 0 Å². The molecule has 0 radical (unpaired) electrons. The lowest BCUT2D eigenvalue weighted by Gasteiger charge is -2.10. The van der Waals surface area contributed by atoms with Crippen molar-refractivity contribution in [3.8, 4) is 0 Å². The van der Waals surface area contributed by atoms with Crippen LogP contribution in [0.3, 0.4) is 0 Å². The molecule has 1 aliphatic rings. The van der Waals surface area contributed by atoms with Gasteiger partial charge in [-0.2, -0.15) is 0 Å². The summed E-state index contributed by atoms with van der Waals surface area (Å²) in [6, 6.07) is 0. The Morgan fingerprint density at radius 1 is 0.833 bits per heavy atom. The maximum Gasteiger partial charge on any atom is 0.228 e. The van der Waals surface area contributed by atoms with Crippen LogP contribution in [0.15, 0.2) is 24.3 Å². The van der Waals surface area contributed by atoms with Crippen LogP contribution in [0.4, 0.5) is 0 Å². The van der Waals surface area contributed by atoms with E-state index in [1.807, 2.05) is 0 Å². The van der Waals surface area contributed by atoms with E-state index in [9.17, 15) is 9.59 Å². The molecule has 1 aliphatic carbocycles. The predicted octanol–water partition coefficient (Wildman–Crippen LogP) is -0.685. The molecule has 2 amide bonds. The highest BCUT2D eigenvalue weighted by Crippen LogP contribution is 2.13. The molecular weight excluding hydrogens is 156 g/mol. The van der Waals surface area contributed by atoms with E-state index < -0.39 is 23.7 Å². The van der Waals surface area contributed by atoms with Crippen molar-refractivity contribution in [2.45, 2.75) is 0 Å². The highest BCUT2D eigenvalue weighted by molar-refractivity contribution is 5.84. The van der Waals surface area contributed by atoms with Crippen LogP contribution in [0.2, 0.25) is 0 Å². The molecule has 0 heterocycles. The SMILES string of the molecule is NC(=O)C1C=CC(C(N)=O)C=C1. The van der Waals surface area contributed by atoms with Crippen molar-refractivity contribution in [2.75, 3.05) is 0 Å². The minimum absolute atomic E-state index is 0.402. The number of carbonyl (C=O) groups excluding carboxylic acids is 2. The number of nitrogens with two attached hydrogens (primary N) is 2. The standard InChI is InChI=1S/C8H10N2O2/c9-7(11)5-1-2-6(4-3-5)8(10)12/h1-6H,(H2,9,11)(H2,10,12). The quantitative estimate of drug-likeness (QED) is 0.532. The van der Waals surface area contributed by atoms with Gasteiger partial charge in [-0.3, -0.25) is 9.59 Å². The molecule has 64 valence electrons. The van der Waals surface area contributed by atoms with Gasteiger partial charge in [-0.25, -0.2) is 0 Å². The Balaban J connectivity index is 2.66. The number of hydrogen-bond acceptors (Lipinski definition) is 2. The highest BCUT2D eigenvalue weighted by atomic mass is 16.1. The fraction of sp³-hybridized carbons (Fsp3) is 0.250. The molecule has 0 fully saturated rings. The Kier molecular flexibility index (Phi) is 2.28. The van der Waals surface area contributed by atoms with Gasteiger partial charge in [0.2, 0.25) is 11.8 Å². The van der Waals surface area contributed by atoms with E-state index in [2.05, 4.69) is 0 Å². The molecule has 0 aromatic rings. The Morgan fingerprint density at radius 3 is 1.25 bits per heavy atom. The van der Waals surface area contributed by atoms with Crippen LogP contribution < -0.4 is 11.5 Å². The fourth-order valence-electron chi connectivity index (χ4n) is 0.986. The number of hydrogen-bond donors (Lipinski definition) is 2. The first kappa shape index (κ1) is 8.52. The highest BCUT2D eigenvalue weighted by Gasteiger charge is 2.16. The van der Waals surface area contributed by atoms with Crippen molar-refractivity contribution in [3.05, 3.63) is 24.3 Å². The summed E-state index contributed by atoms with van der Waals surface area (Å²) < 4.78 is 0. The van der Waals surface area contributed by atoms with E-state index in [0.717, 1.165) is 0 Å². The van der Waals surface area contributed by atoms with E-state index in [4.69, 9.17) is 11.5 Å². The van der Waals surface area contributed by atoms with Crippen LogP contribution in [0, 0.1) is 11.8 Å². The first-order chi connectivity index (χ1) is 5.61. The Bertz CT molecular complexity index is 228. The van der Waals surface area contributed by atoms with Crippen LogP contribution in [0.5, 0.6) is 0 Å². The predicted molar refractivity (Wildman–Crippen MR) is 43.6 cm³/mol. The minimum atomic E-state index is -0.426. The third-order valence-corrected chi connectivity index (χ3v) is 1.71. The number of amides is 2. The number of primary amides is 2. The molecule has 4 N–H and O–H groups in total. The van der Waals surface area contributed by atoms with Gasteiger partial charge >= 0.3 is 0 Å². The maximum atomic E-state index is 10.6. The molecule has 12 heavy (non-hydrogen) atoms. The molecule has 0 saturated heterocycles. The first-order valence-corrected chi connectivity index (χ1v) is 3.56. The fourth-order valence-corrected chi connectivity index (χ4v) is 0.986. The normalized spacial score (nSPS) is 27.0. The Labute approximate surface area is 69.9 Å². The zero-order valence-electron chi connectivity index (χ0n) is 6.44. The Hall–Kier alpha value is -1.58. The summed E-state index contributed by atoms with van der Waals surface area (Å²) in [4.78, 5) is 21.3. The Morgan fingerprint density at radius 2 is 1.08 bits per heavy atom. The second-order valence-corrected chi connectivity index (χ2v) is 2.63. The van der Waals surface area contributed by atoms with Gasteiger partial charge in [0.1, 0.15) is 0 Å². The average molecular weight is 166 g/mol.